The van der Waals surface area contributed by atoms with Gasteiger partial charge in [-0.1, -0.05) is 0 Å². The Morgan fingerprint density at radius 2 is 1.20 bits per heavy atom. The molecule has 40 heavy (non-hydrogen) atoms. The monoisotopic (exact) mass is 577 g/mol. The molecule has 2 saturated heterocycles. The van der Waals surface area contributed by atoms with E-state index in [1.165, 1.54) is 6.92 Å². The summed E-state index contributed by atoms with van der Waals surface area (Å²) in [5, 5.41) is 13.0. The number of rotatable bonds is 10. The number of aliphatic hydroxyl groups is 1. The van der Waals surface area contributed by atoms with Gasteiger partial charge < -0.3 is 48.3 Å². The third-order valence-corrected chi connectivity index (χ3v) is 5.65. The molecule has 0 spiro atoms. The first-order valence-corrected chi connectivity index (χ1v) is 12.4. The summed E-state index contributed by atoms with van der Waals surface area (Å²) < 4.78 is 43.7. The fourth-order valence-electron chi connectivity index (χ4n) is 4.30. The van der Waals surface area contributed by atoms with Crippen molar-refractivity contribution >= 4 is 35.8 Å². The van der Waals surface area contributed by atoms with Crippen molar-refractivity contribution in [1.29, 1.82) is 0 Å². The van der Waals surface area contributed by atoms with Crippen LogP contribution in [0.15, 0.2) is 0 Å². The molecule has 0 aromatic rings. The zero-order valence-corrected chi connectivity index (χ0v) is 23.0. The fourth-order valence-corrected chi connectivity index (χ4v) is 4.30. The molecule has 2 aliphatic heterocycles. The van der Waals surface area contributed by atoms with E-state index in [1.54, 1.807) is 0 Å². The Morgan fingerprint density at radius 1 is 0.700 bits per heavy atom. The molecule has 16 heteroatoms. The van der Waals surface area contributed by atoms with Crippen LogP contribution in [-0.2, 0) is 66.7 Å². The first-order chi connectivity index (χ1) is 18.7. The lowest BCUT2D eigenvalue weighted by molar-refractivity contribution is -0.323. The van der Waals surface area contributed by atoms with Gasteiger partial charge in [0.15, 0.2) is 24.8 Å². The van der Waals surface area contributed by atoms with E-state index < -0.39 is 104 Å². The third kappa shape index (κ3) is 10.0. The highest BCUT2D eigenvalue weighted by molar-refractivity contribution is 5.73. The number of aliphatic hydroxyl groups excluding tert-OH is 1. The number of hydrogen-bond acceptors (Lipinski definition) is 15. The molecule has 0 aliphatic carbocycles. The normalized spacial score (nSPS) is 31.7. The van der Waals surface area contributed by atoms with Gasteiger partial charge in [-0.05, 0) is 0 Å². The van der Waals surface area contributed by atoms with Crippen molar-refractivity contribution in [3.63, 3.8) is 0 Å². The average molecular weight is 578 g/mol. The van der Waals surface area contributed by atoms with Gasteiger partial charge in [-0.3, -0.25) is 28.8 Å². The van der Waals surface area contributed by atoms with Crippen LogP contribution in [0.25, 0.3) is 0 Å². The summed E-state index contributed by atoms with van der Waals surface area (Å²) >= 11 is 0. The standard InChI is InChI=1S/C24H35NO15/c1-10(26)25-20-23(37-15(6)31)22(18(39-24(20)32)9-34-12(3)28)40-19-7-16(35-13(4)29)21(36-14(5)30)17(38-19)8-33-11(2)27/h16-24,32H,7-9H2,1-6H3,(H,25,26)/t16-,17-,18-,19+,20-,21-,22-,23-,24-/m1/s1. The Hall–Kier alpha value is -3.34. The van der Waals surface area contributed by atoms with Crippen molar-refractivity contribution in [2.75, 3.05) is 13.2 Å². The maximum absolute atomic E-state index is 12.0. The number of hydrogen-bond donors (Lipinski definition) is 2. The molecule has 16 nitrogen and oxygen atoms in total. The number of ether oxygens (including phenoxy) is 8. The van der Waals surface area contributed by atoms with Crippen LogP contribution in [0.4, 0.5) is 0 Å². The molecular weight excluding hydrogens is 542 g/mol. The second kappa shape index (κ2) is 14.9. The molecule has 0 aromatic carbocycles. The Kier molecular flexibility index (Phi) is 12.2. The summed E-state index contributed by atoms with van der Waals surface area (Å²) in [5.74, 6) is -4.16. The van der Waals surface area contributed by atoms with E-state index in [0.29, 0.717) is 0 Å². The molecule has 9 atom stereocenters. The van der Waals surface area contributed by atoms with Crippen LogP contribution in [0.2, 0.25) is 0 Å². The molecule has 0 aromatic heterocycles. The van der Waals surface area contributed by atoms with Gasteiger partial charge in [0, 0.05) is 48.0 Å². The second-order valence-electron chi connectivity index (χ2n) is 9.13. The highest BCUT2D eigenvalue weighted by Crippen LogP contribution is 2.32. The Labute approximate surface area is 229 Å². The van der Waals surface area contributed by atoms with E-state index in [0.717, 1.165) is 34.6 Å². The first-order valence-electron chi connectivity index (χ1n) is 12.4. The molecule has 2 aliphatic rings. The lowest BCUT2D eigenvalue weighted by Crippen LogP contribution is -2.67. The molecule has 1 amide bonds. The highest BCUT2D eigenvalue weighted by Gasteiger charge is 2.52. The largest absolute Gasteiger partial charge is 0.463 e. The Bertz CT molecular complexity index is 955. The minimum Gasteiger partial charge on any atom is -0.463 e. The molecule has 226 valence electrons. The van der Waals surface area contributed by atoms with Crippen LogP contribution in [0.5, 0.6) is 0 Å². The summed E-state index contributed by atoms with van der Waals surface area (Å²) in [7, 11) is 0. The van der Waals surface area contributed by atoms with Crippen molar-refractivity contribution in [1.82, 2.24) is 5.32 Å². The summed E-state index contributed by atoms with van der Waals surface area (Å²) in [6.07, 6.45) is -10.6. The van der Waals surface area contributed by atoms with E-state index in [4.69, 9.17) is 37.9 Å². The molecule has 0 bridgehead atoms. The summed E-state index contributed by atoms with van der Waals surface area (Å²) in [5.41, 5.74) is 0. The predicted octanol–water partition coefficient (Wildman–Crippen LogP) is -1.37. The van der Waals surface area contributed by atoms with Crippen LogP contribution in [-0.4, -0.2) is 109 Å². The molecule has 2 fully saturated rings. The van der Waals surface area contributed by atoms with Crippen LogP contribution >= 0.6 is 0 Å². The maximum atomic E-state index is 12.0. The number of amides is 1. The Balaban J connectivity index is 2.45. The number of esters is 5. The van der Waals surface area contributed by atoms with Crippen molar-refractivity contribution in [3.8, 4) is 0 Å². The quantitative estimate of drug-likeness (QED) is 0.227. The van der Waals surface area contributed by atoms with Crippen molar-refractivity contribution in [2.45, 2.75) is 103 Å². The lowest BCUT2D eigenvalue weighted by atomic mass is 9.95. The summed E-state index contributed by atoms with van der Waals surface area (Å²) in [6, 6.07) is -1.31. The van der Waals surface area contributed by atoms with Crippen molar-refractivity contribution in [3.05, 3.63) is 0 Å². The van der Waals surface area contributed by atoms with Crippen LogP contribution in [0.1, 0.15) is 48.0 Å². The van der Waals surface area contributed by atoms with E-state index in [9.17, 15) is 33.9 Å². The van der Waals surface area contributed by atoms with Gasteiger partial charge >= 0.3 is 29.8 Å². The van der Waals surface area contributed by atoms with Gasteiger partial charge in [-0.15, -0.1) is 0 Å². The summed E-state index contributed by atoms with van der Waals surface area (Å²) in [6.45, 7) is 5.96. The Morgan fingerprint density at radius 3 is 1.68 bits per heavy atom. The van der Waals surface area contributed by atoms with Gasteiger partial charge in [0.25, 0.3) is 0 Å². The molecule has 2 N–H and O–H groups in total. The van der Waals surface area contributed by atoms with Crippen molar-refractivity contribution < 1.29 is 71.8 Å². The highest BCUT2D eigenvalue weighted by atomic mass is 16.7. The van der Waals surface area contributed by atoms with E-state index in [-0.39, 0.29) is 6.42 Å². The zero-order chi connectivity index (χ0) is 30.1. The number of carbonyl (C=O) groups excluding carboxylic acids is 6. The minimum atomic E-state index is -1.69. The second-order valence-corrected chi connectivity index (χ2v) is 9.13. The van der Waals surface area contributed by atoms with E-state index >= 15 is 0 Å². The molecule has 0 radical (unpaired) electrons. The minimum absolute atomic E-state index is 0.217. The smallest absolute Gasteiger partial charge is 0.303 e. The number of carbonyl (C=O) groups is 6. The zero-order valence-electron chi connectivity index (χ0n) is 23.0. The topological polar surface area (TPSA) is 209 Å². The van der Waals surface area contributed by atoms with Gasteiger partial charge in [0.05, 0.1) is 0 Å². The van der Waals surface area contributed by atoms with Crippen LogP contribution < -0.4 is 5.32 Å². The van der Waals surface area contributed by atoms with Crippen LogP contribution in [0, 0.1) is 0 Å². The maximum Gasteiger partial charge on any atom is 0.303 e. The van der Waals surface area contributed by atoms with Crippen LogP contribution in [0.3, 0.4) is 0 Å². The molecule has 2 heterocycles. The van der Waals surface area contributed by atoms with Gasteiger partial charge in [0.2, 0.25) is 5.91 Å². The van der Waals surface area contributed by atoms with E-state index in [2.05, 4.69) is 5.32 Å². The summed E-state index contributed by atoms with van der Waals surface area (Å²) in [4.78, 5) is 70.4. The average Bonchev–Trinajstić information content (AvgIpc) is 2.81. The molecule has 0 saturated carbocycles. The molecular formula is C24H35NO15. The first kappa shape index (κ1) is 32.9. The van der Waals surface area contributed by atoms with Crippen molar-refractivity contribution in [2.24, 2.45) is 0 Å². The van der Waals surface area contributed by atoms with Gasteiger partial charge in [-0.25, -0.2) is 0 Å². The lowest BCUT2D eigenvalue weighted by Gasteiger charge is -2.46. The molecule has 2 rings (SSSR count). The number of nitrogens with one attached hydrogen (secondary N) is 1. The third-order valence-electron chi connectivity index (χ3n) is 5.65. The van der Waals surface area contributed by atoms with Gasteiger partial charge in [0.1, 0.15) is 43.7 Å². The fraction of sp³-hybridized carbons (Fsp3) is 0.750. The molecule has 0 unspecified atom stereocenters. The van der Waals surface area contributed by atoms with Gasteiger partial charge in [-0.2, -0.15) is 0 Å². The SMILES string of the molecule is CC(=O)N[C@@H]1[C@@H](OC(C)=O)[C@H](O[C@H]2C[C@@H](OC(C)=O)[C@@H](OC(C)=O)[C@@H](COC(C)=O)O2)[C@@H](COC(C)=O)O[C@H]1O. The predicted molar refractivity (Wildman–Crippen MR) is 127 cm³/mol. The van der Waals surface area contributed by atoms with E-state index in [1.807, 2.05) is 0 Å².